The zero-order chi connectivity index (χ0) is 13.0. The van der Waals surface area contributed by atoms with Gasteiger partial charge in [-0.05, 0) is 38.1 Å². The van der Waals surface area contributed by atoms with Crippen LogP contribution in [0.1, 0.15) is 13.8 Å². The van der Waals surface area contributed by atoms with Crippen molar-refractivity contribution >= 4 is 17.4 Å². The van der Waals surface area contributed by atoms with E-state index in [2.05, 4.69) is 9.97 Å². The van der Waals surface area contributed by atoms with Crippen LogP contribution in [-0.4, -0.2) is 16.1 Å². The molecule has 18 heavy (non-hydrogen) atoms. The highest BCUT2D eigenvalue weighted by Gasteiger charge is 2.06. The maximum atomic E-state index is 5.87. The second kappa shape index (κ2) is 5.73. The zero-order valence-electron chi connectivity index (χ0n) is 10.3. The number of ether oxygens (including phenoxy) is 1. The van der Waals surface area contributed by atoms with Crippen LogP contribution in [0.4, 0.5) is 5.69 Å². The van der Waals surface area contributed by atoms with Crippen molar-refractivity contribution in [2.75, 3.05) is 5.73 Å². The topological polar surface area (TPSA) is 61.0 Å². The minimum absolute atomic E-state index is 0.103. The lowest BCUT2D eigenvalue weighted by molar-refractivity contribution is 0.243. The first-order valence-electron chi connectivity index (χ1n) is 5.65. The lowest BCUT2D eigenvalue weighted by Gasteiger charge is -2.13. The van der Waals surface area contributed by atoms with Crippen LogP contribution in [0.15, 0.2) is 46.7 Å². The van der Waals surface area contributed by atoms with E-state index in [9.17, 15) is 0 Å². The molecule has 0 atom stereocenters. The molecule has 0 unspecified atom stereocenters. The number of hydrogen-bond donors (Lipinski definition) is 1. The molecule has 2 aromatic rings. The Bertz CT molecular complexity index is 517. The Morgan fingerprint density at radius 2 is 2.11 bits per heavy atom. The normalized spacial score (nSPS) is 10.6. The van der Waals surface area contributed by atoms with Crippen molar-refractivity contribution in [2.24, 2.45) is 0 Å². The summed E-state index contributed by atoms with van der Waals surface area (Å²) in [6, 6.07) is 7.60. The molecule has 1 aromatic carbocycles. The van der Waals surface area contributed by atoms with Crippen molar-refractivity contribution in [1.29, 1.82) is 0 Å². The Hall–Kier alpha value is -1.75. The average Bonchev–Trinajstić information content (AvgIpc) is 2.34. The fourth-order valence-corrected chi connectivity index (χ4v) is 2.17. The van der Waals surface area contributed by atoms with Gasteiger partial charge in [0.15, 0.2) is 0 Å². The Kier molecular flexibility index (Phi) is 4.04. The smallest absolute Gasteiger partial charge is 0.143 e. The second-order valence-corrected chi connectivity index (χ2v) is 5.11. The van der Waals surface area contributed by atoms with Gasteiger partial charge in [0, 0.05) is 11.1 Å². The molecule has 5 heteroatoms. The van der Waals surface area contributed by atoms with E-state index in [-0.39, 0.29) is 6.10 Å². The molecule has 0 fully saturated rings. The Morgan fingerprint density at radius 3 is 2.78 bits per heavy atom. The molecule has 2 rings (SSSR count). The van der Waals surface area contributed by atoms with Gasteiger partial charge in [0.1, 0.15) is 17.1 Å². The summed E-state index contributed by atoms with van der Waals surface area (Å²) in [6.45, 7) is 3.95. The summed E-state index contributed by atoms with van der Waals surface area (Å²) in [5, 5.41) is 0.894. The molecule has 4 nitrogen and oxygen atoms in total. The molecule has 0 saturated carbocycles. The third-order valence-electron chi connectivity index (χ3n) is 2.12. The van der Waals surface area contributed by atoms with E-state index in [1.54, 1.807) is 18.0 Å². The fourth-order valence-electron chi connectivity index (χ4n) is 1.39. The van der Waals surface area contributed by atoms with Gasteiger partial charge in [-0.1, -0.05) is 11.8 Å². The number of rotatable bonds is 4. The third-order valence-corrected chi connectivity index (χ3v) is 3.07. The van der Waals surface area contributed by atoms with Crippen LogP contribution in [0.2, 0.25) is 0 Å². The monoisotopic (exact) mass is 261 g/mol. The number of benzene rings is 1. The average molecular weight is 261 g/mol. The Balaban J connectivity index is 2.19. The van der Waals surface area contributed by atoms with Crippen molar-refractivity contribution in [3.05, 3.63) is 36.8 Å². The van der Waals surface area contributed by atoms with Crippen molar-refractivity contribution in [3.8, 4) is 5.75 Å². The molecule has 0 aliphatic carbocycles. The first kappa shape index (κ1) is 12.7. The Labute approximate surface area is 111 Å². The summed E-state index contributed by atoms with van der Waals surface area (Å²) < 4.78 is 5.65. The van der Waals surface area contributed by atoms with Crippen molar-refractivity contribution in [3.63, 3.8) is 0 Å². The standard InChI is InChI=1S/C13H15N3OS/c1-9(2)17-12-7-10(3-4-11(12)14)18-13-5-6-15-8-16-13/h3-9H,14H2,1-2H3. The van der Waals surface area contributed by atoms with Crippen LogP contribution in [0.5, 0.6) is 5.75 Å². The van der Waals surface area contributed by atoms with E-state index in [4.69, 9.17) is 10.5 Å². The van der Waals surface area contributed by atoms with Gasteiger partial charge in [-0.2, -0.15) is 0 Å². The number of nitrogens with two attached hydrogens (primary N) is 1. The minimum atomic E-state index is 0.103. The lowest BCUT2D eigenvalue weighted by Crippen LogP contribution is -2.07. The molecule has 0 saturated heterocycles. The van der Waals surface area contributed by atoms with Crippen molar-refractivity contribution in [2.45, 2.75) is 29.9 Å². The van der Waals surface area contributed by atoms with E-state index >= 15 is 0 Å². The molecular weight excluding hydrogens is 246 g/mol. The molecular formula is C13H15N3OS. The van der Waals surface area contributed by atoms with Gasteiger partial charge in [-0.3, -0.25) is 0 Å². The van der Waals surface area contributed by atoms with Gasteiger partial charge < -0.3 is 10.5 Å². The Morgan fingerprint density at radius 1 is 1.28 bits per heavy atom. The van der Waals surface area contributed by atoms with Gasteiger partial charge in [-0.15, -0.1) is 0 Å². The summed E-state index contributed by atoms with van der Waals surface area (Å²) in [5.41, 5.74) is 6.52. The van der Waals surface area contributed by atoms with E-state index in [0.717, 1.165) is 9.92 Å². The molecule has 0 radical (unpaired) electrons. The first-order chi connectivity index (χ1) is 8.65. The maximum absolute atomic E-state index is 5.87. The largest absolute Gasteiger partial charge is 0.489 e. The lowest BCUT2D eigenvalue weighted by atomic mass is 10.3. The highest BCUT2D eigenvalue weighted by Crippen LogP contribution is 2.32. The molecule has 2 N–H and O–H groups in total. The third kappa shape index (κ3) is 3.37. The fraction of sp³-hybridized carbons (Fsp3) is 0.231. The van der Waals surface area contributed by atoms with E-state index in [1.165, 1.54) is 6.33 Å². The zero-order valence-corrected chi connectivity index (χ0v) is 11.1. The number of hydrogen-bond acceptors (Lipinski definition) is 5. The highest BCUT2D eigenvalue weighted by atomic mass is 32.2. The van der Waals surface area contributed by atoms with Crippen molar-refractivity contribution < 1.29 is 4.74 Å². The summed E-state index contributed by atoms with van der Waals surface area (Å²) in [5.74, 6) is 0.712. The summed E-state index contributed by atoms with van der Waals surface area (Å²) in [7, 11) is 0. The number of nitrogen functional groups attached to an aromatic ring is 1. The van der Waals surface area contributed by atoms with Crippen LogP contribution in [-0.2, 0) is 0 Å². The number of nitrogens with zero attached hydrogens (tertiary/aromatic N) is 2. The molecule has 94 valence electrons. The maximum Gasteiger partial charge on any atom is 0.143 e. The number of aromatic nitrogens is 2. The van der Waals surface area contributed by atoms with Gasteiger partial charge in [-0.25, -0.2) is 9.97 Å². The van der Waals surface area contributed by atoms with Crippen LogP contribution in [0, 0.1) is 0 Å². The van der Waals surface area contributed by atoms with Crippen molar-refractivity contribution in [1.82, 2.24) is 9.97 Å². The summed E-state index contributed by atoms with van der Waals surface area (Å²) in [6.07, 6.45) is 3.36. The molecule has 0 aliphatic heterocycles. The van der Waals surface area contributed by atoms with Crippen LogP contribution in [0.3, 0.4) is 0 Å². The van der Waals surface area contributed by atoms with Gasteiger partial charge in [0.25, 0.3) is 0 Å². The van der Waals surface area contributed by atoms with E-state index in [0.29, 0.717) is 11.4 Å². The molecule has 1 heterocycles. The second-order valence-electron chi connectivity index (χ2n) is 4.02. The predicted octanol–water partition coefficient (Wildman–Crippen LogP) is 3.00. The molecule has 1 aromatic heterocycles. The summed E-state index contributed by atoms with van der Waals surface area (Å²) in [4.78, 5) is 9.10. The van der Waals surface area contributed by atoms with Crippen LogP contribution in [0.25, 0.3) is 0 Å². The van der Waals surface area contributed by atoms with Gasteiger partial charge in [0.2, 0.25) is 0 Å². The quantitative estimate of drug-likeness (QED) is 0.677. The van der Waals surface area contributed by atoms with Gasteiger partial charge >= 0.3 is 0 Å². The van der Waals surface area contributed by atoms with E-state index < -0.39 is 0 Å². The first-order valence-corrected chi connectivity index (χ1v) is 6.47. The molecule has 0 aliphatic rings. The van der Waals surface area contributed by atoms with Crippen LogP contribution >= 0.6 is 11.8 Å². The van der Waals surface area contributed by atoms with E-state index in [1.807, 2.05) is 38.1 Å². The number of anilines is 1. The molecule has 0 amide bonds. The molecule has 0 spiro atoms. The highest BCUT2D eigenvalue weighted by molar-refractivity contribution is 7.99. The summed E-state index contributed by atoms with van der Waals surface area (Å²) >= 11 is 1.55. The van der Waals surface area contributed by atoms with Gasteiger partial charge in [0.05, 0.1) is 11.8 Å². The SMILES string of the molecule is CC(C)Oc1cc(Sc2ccncn2)ccc1N. The minimum Gasteiger partial charge on any atom is -0.489 e. The predicted molar refractivity (Wildman–Crippen MR) is 72.8 cm³/mol. The molecule has 0 bridgehead atoms. The van der Waals surface area contributed by atoms with Crippen LogP contribution < -0.4 is 10.5 Å².